The Labute approximate surface area is 129 Å². The van der Waals surface area contributed by atoms with E-state index in [1.165, 1.54) is 11.1 Å². The van der Waals surface area contributed by atoms with E-state index in [4.69, 9.17) is 0 Å². The summed E-state index contributed by atoms with van der Waals surface area (Å²) in [5.41, 5.74) is 2.45. The maximum Gasteiger partial charge on any atom is 0.0703 e. The molecule has 3 rings (SSSR count). The Balaban J connectivity index is 1.89. The molecule has 0 spiro atoms. The monoisotopic (exact) mass is 287 g/mol. The van der Waals surface area contributed by atoms with Crippen LogP contribution in [0.25, 0.3) is 0 Å². The number of aliphatic hydroxyl groups is 1. The fraction of sp³-hybridized carbons (Fsp3) is 0.684. The third-order valence-electron chi connectivity index (χ3n) is 5.65. The summed E-state index contributed by atoms with van der Waals surface area (Å²) in [6.07, 6.45) is 4.07. The molecule has 2 nitrogen and oxygen atoms in total. The van der Waals surface area contributed by atoms with Crippen LogP contribution in [0.3, 0.4) is 0 Å². The molecule has 3 atom stereocenters. The Bertz CT molecular complexity index is 498. The van der Waals surface area contributed by atoms with E-state index in [9.17, 15) is 5.11 Å². The van der Waals surface area contributed by atoms with Crippen LogP contribution in [0.15, 0.2) is 24.3 Å². The predicted molar refractivity (Wildman–Crippen MR) is 87.3 cm³/mol. The van der Waals surface area contributed by atoms with Crippen LogP contribution >= 0.6 is 0 Å². The van der Waals surface area contributed by atoms with Crippen molar-refractivity contribution in [1.29, 1.82) is 0 Å². The van der Waals surface area contributed by atoms with Gasteiger partial charge in [0.1, 0.15) is 0 Å². The topological polar surface area (TPSA) is 23.5 Å². The third-order valence-corrected chi connectivity index (χ3v) is 5.65. The molecule has 0 unspecified atom stereocenters. The van der Waals surface area contributed by atoms with Gasteiger partial charge in [-0.15, -0.1) is 0 Å². The maximum atomic E-state index is 11.2. The van der Waals surface area contributed by atoms with Gasteiger partial charge in [-0.25, -0.2) is 0 Å². The summed E-state index contributed by atoms with van der Waals surface area (Å²) in [5, 5.41) is 11.2. The summed E-state index contributed by atoms with van der Waals surface area (Å²) < 4.78 is 0. The average molecular weight is 287 g/mol. The van der Waals surface area contributed by atoms with Crippen molar-refractivity contribution < 1.29 is 5.11 Å². The smallest absolute Gasteiger partial charge is 0.0703 e. The third kappa shape index (κ3) is 2.76. The summed E-state index contributed by atoms with van der Waals surface area (Å²) >= 11 is 0. The molecular formula is C19H29NO. The summed E-state index contributed by atoms with van der Waals surface area (Å²) in [7, 11) is 0. The minimum atomic E-state index is -0.490. The van der Waals surface area contributed by atoms with Gasteiger partial charge in [-0.1, -0.05) is 45.0 Å². The van der Waals surface area contributed by atoms with E-state index in [-0.39, 0.29) is 0 Å². The quantitative estimate of drug-likeness (QED) is 0.914. The Hall–Kier alpha value is -0.860. The highest BCUT2D eigenvalue weighted by atomic mass is 16.3. The minimum Gasteiger partial charge on any atom is -0.389 e. The summed E-state index contributed by atoms with van der Waals surface area (Å²) in [6, 6.07) is 9.24. The summed E-state index contributed by atoms with van der Waals surface area (Å²) in [6.45, 7) is 8.90. The second-order valence-corrected chi connectivity index (χ2v) is 7.45. The first-order valence-corrected chi connectivity index (χ1v) is 8.57. The molecule has 1 N–H and O–H groups in total. The van der Waals surface area contributed by atoms with Gasteiger partial charge < -0.3 is 5.11 Å². The largest absolute Gasteiger partial charge is 0.389 e. The molecule has 0 bridgehead atoms. The normalized spacial score (nSPS) is 32.8. The number of hydrogen-bond acceptors (Lipinski definition) is 2. The maximum absolute atomic E-state index is 11.2. The zero-order valence-corrected chi connectivity index (χ0v) is 13.7. The standard InChI is InChI=1S/C19H29NO/c1-4-19(21)12-18-17-8-6-5-7-15(17)9-10-20(18)13-16(19)11-14(2)3/h5-8,14,16,18,21H,4,9-13H2,1-3H3/t16-,18+,19-/m0/s1. The zero-order chi connectivity index (χ0) is 15.0. The number of rotatable bonds is 3. The van der Waals surface area contributed by atoms with E-state index in [2.05, 4.69) is 49.9 Å². The zero-order valence-electron chi connectivity index (χ0n) is 13.7. The van der Waals surface area contributed by atoms with Crippen LogP contribution in [-0.4, -0.2) is 28.7 Å². The second kappa shape index (κ2) is 5.73. The Morgan fingerprint density at radius 2 is 2.10 bits per heavy atom. The molecule has 1 aromatic carbocycles. The lowest BCUT2D eigenvalue weighted by Crippen LogP contribution is -2.54. The molecule has 1 fully saturated rings. The summed E-state index contributed by atoms with van der Waals surface area (Å²) in [4.78, 5) is 2.62. The van der Waals surface area contributed by atoms with Crippen molar-refractivity contribution in [3.8, 4) is 0 Å². The van der Waals surface area contributed by atoms with Crippen LogP contribution in [0.1, 0.15) is 57.2 Å². The lowest BCUT2D eigenvalue weighted by molar-refractivity contribution is -0.105. The van der Waals surface area contributed by atoms with Gasteiger partial charge in [0.2, 0.25) is 0 Å². The number of benzene rings is 1. The van der Waals surface area contributed by atoms with Crippen molar-refractivity contribution in [3.05, 3.63) is 35.4 Å². The van der Waals surface area contributed by atoms with Gasteiger partial charge in [-0.05, 0) is 42.7 Å². The number of piperidine rings is 1. The summed E-state index contributed by atoms with van der Waals surface area (Å²) in [5.74, 6) is 1.07. The van der Waals surface area contributed by atoms with E-state index >= 15 is 0 Å². The predicted octanol–water partition coefficient (Wildman–Crippen LogP) is 3.79. The fourth-order valence-corrected chi connectivity index (χ4v) is 4.41. The first kappa shape index (κ1) is 15.1. The van der Waals surface area contributed by atoms with Gasteiger partial charge in [0.15, 0.2) is 0 Å². The van der Waals surface area contributed by atoms with Crippen molar-refractivity contribution in [1.82, 2.24) is 4.90 Å². The number of nitrogens with zero attached hydrogens (tertiary/aromatic N) is 1. The molecule has 0 saturated carbocycles. The molecule has 0 aliphatic carbocycles. The Morgan fingerprint density at radius 1 is 1.33 bits per heavy atom. The molecule has 2 aliphatic rings. The van der Waals surface area contributed by atoms with Crippen LogP contribution in [0, 0.1) is 11.8 Å². The SMILES string of the molecule is CC[C@]1(O)C[C@@H]2c3ccccc3CCN2C[C@@H]1CC(C)C. The first-order chi connectivity index (χ1) is 10.0. The minimum absolute atomic E-state index is 0.420. The van der Waals surface area contributed by atoms with E-state index in [0.29, 0.717) is 17.9 Å². The lowest BCUT2D eigenvalue weighted by Gasteiger charge is -2.51. The highest BCUT2D eigenvalue weighted by Crippen LogP contribution is 2.45. The second-order valence-electron chi connectivity index (χ2n) is 7.45. The fourth-order valence-electron chi connectivity index (χ4n) is 4.41. The van der Waals surface area contributed by atoms with Crippen molar-refractivity contribution in [2.45, 2.75) is 58.1 Å². The van der Waals surface area contributed by atoms with Crippen LogP contribution in [0.2, 0.25) is 0 Å². The Morgan fingerprint density at radius 3 is 2.81 bits per heavy atom. The molecule has 1 saturated heterocycles. The number of fused-ring (bicyclic) bond motifs is 3. The van der Waals surface area contributed by atoms with Crippen LogP contribution in [0.4, 0.5) is 0 Å². The van der Waals surface area contributed by atoms with Gasteiger partial charge >= 0.3 is 0 Å². The van der Waals surface area contributed by atoms with Crippen molar-refractivity contribution in [2.24, 2.45) is 11.8 Å². The van der Waals surface area contributed by atoms with E-state index in [1.807, 2.05) is 0 Å². The van der Waals surface area contributed by atoms with Crippen LogP contribution < -0.4 is 0 Å². The van der Waals surface area contributed by atoms with Gasteiger partial charge in [-0.2, -0.15) is 0 Å². The molecule has 1 aromatic rings. The van der Waals surface area contributed by atoms with E-state index < -0.39 is 5.60 Å². The van der Waals surface area contributed by atoms with E-state index in [0.717, 1.165) is 38.8 Å². The van der Waals surface area contributed by atoms with Crippen molar-refractivity contribution in [3.63, 3.8) is 0 Å². The highest BCUT2D eigenvalue weighted by molar-refractivity contribution is 5.33. The van der Waals surface area contributed by atoms with Crippen molar-refractivity contribution >= 4 is 0 Å². The lowest BCUT2D eigenvalue weighted by atomic mass is 9.70. The molecule has 0 aromatic heterocycles. The Kier molecular flexibility index (Phi) is 4.11. The molecule has 2 heteroatoms. The van der Waals surface area contributed by atoms with Crippen molar-refractivity contribution in [2.75, 3.05) is 13.1 Å². The first-order valence-electron chi connectivity index (χ1n) is 8.57. The van der Waals surface area contributed by atoms with Gasteiger partial charge in [-0.3, -0.25) is 4.90 Å². The van der Waals surface area contributed by atoms with Crippen LogP contribution in [0.5, 0.6) is 0 Å². The van der Waals surface area contributed by atoms with Gasteiger partial charge in [0.25, 0.3) is 0 Å². The number of hydrogen-bond donors (Lipinski definition) is 1. The van der Waals surface area contributed by atoms with E-state index in [1.54, 1.807) is 0 Å². The molecular weight excluding hydrogens is 258 g/mol. The molecule has 0 radical (unpaired) electrons. The molecule has 116 valence electrons. The van der Waals surface area contributed by atoms with Crippen LogP contribution in [-0.2, 0) is 6.42 Å². The van der Waals surface area contributed by atoms with Gasteiger partial charge in [0, 0.05) is 25.0 Å². The molecule has 2 aliphatic heterocycles. The highest BCUT2D eigenvalue weighted by Gasteiger charge is 2.46. The molecule has 21 heavy (non-hydrogen) atoms. The average Bonchev–Trinajstić information content (AvgIpc) is 2.48. The van der Waals surface area contributed by atoms with Gasteiger partial charge in [0.05, 0.1) is 5.60 Å². The molecule has 0 amide bonds. The molecule has 2 heterocycles.